The quantitative estimate of drug-likeness (QED) is 0.754. The molecule has 0 saturated heterocycles. The lowest BCUT2D eigenvalue weighted by Gasteiger charge is -2.09. The van der Waals surface area contributed by atoms with Crippen LogP contribution in [-0.2, 0) is 4.74 Å². The Kier molecular flexibility index (Phi) is 4.69. The predicted molar refractivity (Wildman–Crippen MR) is 70.1 cm³/mol. The van der Waals surface area contributed by atoms with Crippen LogP contribution in [0, 0.1) is 0 Å². The van der Waals surface area contributed by atoms with Crippen molar-refractivity contribution in [1.82, 2.24) is 10.2 Å². The number of hydrogen-bond acceptors (Lipinski definition) is 6. The maximum atomic E-state index is 12.2. The van der Waals surface area contributed by atoms with E-state index in [2.05, 4.69) is 35.6 Å². The van der Waals surface area contributed by atoms with E-state index in [0.717, 1.165) is 12.1 Å². The van der Waals surface area contributed by atoms with Crippen molar-refractivity contribution in [3.8, 4) is 17.2 Å². The number of alkyl halides is 3. The Morgan fingerprint density at radius 2 is 2.09 bits per heavy atom. The molecule has 0 unspecified atom stereocenters. The first kappa shape index (κ1) is 16.3. The molecule has 0 radical (unpaired) electrons. The van der Waals surface area contributed by atoms with Gasteiger partial charge in [-0.15, -0.1) is 23.4 Å². The highest BCUT2D eigenvalue weighted by atomic mass is 79.9. The van der Waals surface area contributed by atoms with E-state index >= 15 is 0 Å². The summed E-state index contributed by atoms with van der Waals surface area (Å²) in [5.41, 5.74) is 0.143. The molecular weight excluding hydrogens is 373 g/mol. The van der Waals surface area contributed by atoms with Crippen LogP contribution in [0.15, 0.2) is 27.1 Å². The van der Waals surface area contributed by atoms with E-state index in [9.17, 15) is 18.0 Å². The topological polar surface area (TPSA) is 74.5 Å². The summed E-state index contributed by atoms with van der Waals surface area (Å²) < 4.78 is 50.6. The van der Waals surface area contributed by atoms with Crippen LogP contribution in [0.4, 0.5) is 13.2 Å². The zero-order chi connectivity index (χ0) is 16.3. The molecule has 1 heterocycles. The van der Waals surface area contributed by atoms with Gasteiger partial charge in [0, 0.05) is 4.47 Å². The Hall–Kier alpha value is -2.10. The first-order valence-corrected chi connectivity index (χ1v) is 6.65. The highest BCUT2D eigenvalue weighted by molar-refractivity contribution is 9.10. The van der Waals surface area contributed by atoms with Gasteiger partial charge in [0.25, 0.3) is 0 Å². The fourth-order valence-corrected chi connectivity index (χ4v) is 1.89. The molecule has 0 fully saturated rings. The second kappa shape index (κ2) is 6.34. The lowest BCUT2D eigenvalue weighted by Crippen LogP contribution is -2.17. The van der Waals surface area contributed by atoms with Gasteiger partial charge in [0.15, 0.2) is 0 Å². The van der Waals surface area contributed by atoms with Crippen molar-refractivity contribution in [3.05, 3.63) is 28.6 Å². The molecule has 0 N–H and O–H groups in total. The molecule has 0 amide bonds. The maximum absolute atomic E-state index is 12.2. The van der Waals surface area contributed by atoms with Gasteiger partial charge in [0.1, 0.15) is 5.75 Å². The van der Waals surface area contributed by atoms with Gasteiger partial charge in [-0.2, -0.15) is 0 Å². The lowest BCUT2D eigenvalue weighted by atomic mass is 10.2. The molecule has 1 aromatic heterocycles. The average Bonchev–Trinajstić information content (AvgIpc) is 2.89. The van der Waals surface area contributed by atoms with E-state index in [4.69, 9.17) is 4.42 Å². The number of benzene rings is 1. The minimum absolute atomic E-state index is 0.120. The molecule has 2 aromatic rings. The van der Waals surface area contributed by atoms with Gasteiger partial charge >= 0.3 is 18.2 Å². The Balaban J connectivity index is 2.32. The van der Waals surface area contributed by atoms with E-state index in [-0.39, 0.29) is 18.1 Å². The maximum Gasteiger partial charge on any atom is 0.573 e. The Labute approximate surface area is 130 Å². The van der Waals surface area contributed by atoms with Crippen molar-refractivity contribution in [2.45, 2.75) is 13.3 Å². The van der Waals surface area contributed by atoms with Crippen molar-refractivity contribution >= 4 is 21.9 Å². The first-order chi connectivity index (χ1) is 10.3. The van der Waals surface area contributed by atoms with Crippen LogP contribution in [0.2, 0.25) is 0 Å². The molecule has 0 aliphatic carbocycles. The molecule has 0 bridgehead atoms. The number of ether oxygens (including phenoxy) is 2. The van der Waals surface area contributed by atoms with E-state index in [1.54, 1.807) is 6.92 Å². The van der Waals surface area contributed by atoms with Crippen LogP contribution in [-0.4, -0.2) is 29.1 Å². The van der Waals surface area contributed by atoms with Crippen molar-refractivity contribution in [1.29, 1.82) is 0 Å². The molecule has 1 aromatic carbocycles. The molecule has 0 aliphatic heterocycles. The van der Waals surface area contributed by atoms with Crippen LogP contribution in [0.1, 0.15) is 17.6 Å². The van der Waals surface area contributed by atoms with E-state index in [1.165, 1.54) is 6.07 Å². The first-order valence-electron chi connectivity index (χ1n) is 5.86. The summed E-state index contributed by atoms with van der Waals surface area (Å²) in [7, 11) is 0. The normalized spacial score (nSPS) is 11.3. The number of carbonyl (C=O) groups is 1. The second-order valence-electron chi connectivity index (χ2n) is 3.82. The Bertz CT molecular complexity index is 687. The fourth-order valence-electron chi connectivity index (χ4n) is 1.47. The summed E-state index contributed by atoms with van der Waals surface area (Å²) in [6.45, 7) is 1.72. The molecule has 6 nitrogen and oxygen atoms in total. The SMILES string of the molecule is CCOC(=O)c1nnc(-c2cc(OC(F)(F)F)ccc2Br)o1. The summed E-state index contributed by atoms with van der Waals surface area (Å²) in [5, 5.41) is 7.09. The summed E-state index contributed by atoms with van der Waals surface area (Å²) in [5.74, 6) is -1.82. The van der Waals surface area contributed by atoms with Gasteiger partial charge in [-0.25, -0.2) is 4.79 Å². The number of hydrogen-bond donors (Lipinski definition) is 0. The molecule has 10 heteroatoms. The second-order valence-corrected chi connectivity index (χ2v) is 4.68. The third-order valence-electron chi connectivity index (χ3n) is 2.28. The third kappa shape index (κ3) is 3.97. The smallest absolute Gasteiger partial charge is 0.459 e. The van der Waals surface area contributed by atoms with E-state index in [0.29, 0.717) is 4.47 Å². The van der Waals surface area contributed by atoms with Crippen LogP contribution in [0.3, 0.4) is 0 Å². The van der Waals surface area contributed by atoms with Crippen LogP contribution >= 0.6 is 15.9 Å². The third-order valence-corrected chi connectivity index (χ3v) is 2.97. The minimum atomic E-state index is -4.82. The van der Waals surface area contributed by atoms with Crippen LogP contribution in [0.5, 0.6) is 5.75 Å². The van der Waals surface area contributed by atoms with Crippen molar-refractivity contribution in [2.24, 2.45) is 0 Å². The van der Waals surface area contributed by atoms with Gasteiger partial charge in [-0.1, -0.05) is 0 Å². The van der Waals surface area contributed by atoms with Crippen molar-refractivity contribution in [2.75, 3.05) is 6.61 Å². The number of aromatic nitrogens is 2. The van der Waals surface area contributed by atoms with Crippen molar-refractivity contribution < 1.29 is 31.9 Å². The molecule has 118 valence electrons. The summed E-state index contributed by atoms with van der Waals surface area (Å²) in [6, 6.07) is 3.49. The summed E-state index contributed by atoms with van der Waals surface area (Å²) in [4.78, 5) is 11.4. The predicted octanol–water partition coefficient (Wildman–Crippen LogP) is 3.57. The summed E-state index contributed by atoms with van der Waals surface area (Å²) in [6.07, 6.45) is -4.82. The number of carbonyl (C=O) groups excluding carboxylic acids is 1. The highest BCUT2D eigenvalue weighted by Gasteiger charge is 2.31. The minimum Gasteiger partial charge on any atom is -0.459 e. The number of nitrogens with zero attached hydrogens (tertiary/aromatic N) is 2. The standard InChI is InChI=1S/C12H8BrF3N2O4/c1-2-20-11(19)10-18-17-9(21-10)7-5-6(3-4-8(7)13)22-12(14,15)16/h3-5H,2H2,1H3. The average molecular weight is 381 g/mol. The highest BCUT2D eigenvalue weighted by Crippen LogP contribution is 2.33. The van der Waals surface area contributed by atoms with E-state index < -0.39 is 24.0 Å². The van der Waals surface area contributed by atoms with E-state index in [1.807, 2.05) is 0 Å². The largest absolute Gasteiger partial charge is 0.573 e. The fraction of sp³-hybridized carbons (Fsp3) is 0.250. The Morgan fingerprint density at radius 3 is 2.73 bits per heavy atom. The zero-order valence-electron chi connectivity index (χ0n) is 11.0. The lowest BCUT2D eigenvalue weighted by molar-refractivity contribution is -0.274. The molecule has 2 rings (SSSR count). The number of rotatable bonds is 4. The zero-order valence-corrected chi connectivity index (χ0v) is 12.6. The van der Waals surface area contributed by atoms with Gasteiger partial charge in [0.2, 0.25) is 5.89 Å². The van der Waals surface area contributed by atoms with Crippen LogP contribution in [0.25, 0.3) is 11.5 Å². The van der Waals surface area contributed by atoms with Gasteiger partial charge in [-0.3, -0.25) is 0 Å². The van der Waals surface area contributed by atoms with Gasteiger partial charge in [0.05, 0.1) is 12.2 Å². The molecule has 0 saturated carbocycles. The van der Waals surface area contributed by atoms with Crippen molar-refractivity contribution in [3.63, 3.8) is 0 Å². The molecular formula is C12H8BrF3N2O4. The number of esters is 1. The van der Waals surface area contributed by atoms with Crippen LogP contribution < -0.4 is 4.74 Å². The van der Waals surface area contributed by atoms with Gasteiger partial charge in [-0.05, 0) is 41.1 Å². The summed E-state index contributed by atoms with van der Waals surface area (Å²) >= 11 is 3.14. The molecule has 0 aliphatic rings. The molecule has 0 spiro atoms. The van der Waals surface area contributed by atoms with Gasteiger partial charge < -0.3 is 13.9 Å². The monoisotopic (exact) mass is 380 g/mol. The number of halogens is 4. The molecule has 22 heavy (non-hydrogen) atoms. The Morgan fingerprint density at radius 1 is 1.36 bits per heavy atom. The molecule has 0 atom stereocenters.